The summed E-state index contributed by atoms with van der Waals surface area (Å²) in [6.07, 6.45) is 2.19. The summed E-state index contributed by atoms with van der Waals surface area (Å²) in [5.74, 6) is 0.255. The number of rotatable bonds is 4. The summed E-state index contributed by atoms with van der Waals surface area (Å²) in [6, 6.07) is -0.0346. The Bertz CT molecular complexity index is 277. The van der Waals surface area contributed by atoms with E-state index in [0.717, 1.165) is 45.7 Å². The van der Waals surface area contributed by atoms with Gasteiger partial charge in [0, 0.05) is 39.8 Å². The fourth-order valence-corrected chi connectivity index (χ4v) is 2.80. The van der Waals surface area contributed by atoms with Gasteiger partial charge in [0.2, 0.25) is 5.91 Å². The minimum Gasteiger partial charge on any atom is -0.380 e. The highest BCUT2D eigenvalue weighted by Gasteiger charge is 2.33. The molecule has 2 saturated heterocycles. The zero-order valence-electron chi connectivity index (χ0n) is 11.5. The number of nitrogens with one attached hydrogen (secondary N) is 1. The monoisotopic (exact) mass is 255 g/mol. The third-order valence-corrected chi connectivity index (χ3v) is 3.95. The van der Waals surface area contributed by atoms with Crippen molar-refractivity contribution in [1.82, 2.24) is 15.1 Å². The Balaban J connectivity index is 1.77. The molecule has 5 nitrogen and oxygen atoms in total. The minimum absolute atomic E-state index is 0.0346. The zero-order valence-corrected chi connectivity index (χ0v) is 11.5. The van der Waals surface area contributed by atoms with Crippen LogP contribution in [0.15, 0.2) is 0 Å². The molecule has 0 bridgehead atoms. The van der Waals surface area contributed by atoms with E-state index in [4.69, 9.17) is 4.74 Å². The van der Waals surface area contributed by atoms with E-state index >= 15 is 0 Å². The van der Waals surface area contributed by atoms with Gasteiger partial charge in [-0.1, -0.05) is 6.92 Å². The van der Waals surface area contributed by atoms with E-state index in [0.29, 0.717) is 0 Å². The highest BCUT2D eigenvalue weighted by Crippen LogP contribution is 2.13. The van der Waals surface area contributed by atoms with Gasteiger partial charge in [0.1, 0.15) is 0 Å². The number of carbonyl (C=O) groups excluding carboxylic acids is 1. The number of ether oxygens (including phenoxy) is 1. The molecule has 1 N–H and O–H groups in total. The van der Waals surface area contributed by atoms with Gasteiger partial charge in [-0.3, -0.25) is 9.69 Å². The molecule has 0 aromatic rings. The van der Waals surface area contributed by atoms with Crippen LogP contribution in [0.25, 0.3) is 0 Å². The fourth-order valence-electron chi connectivity index (χ4n) is 2.80. The summed E-state index contributed by atoms with van der Waals surface area (Å²) >= 11 is 0. The van der Waals surface area contributed by atoms with Crippen molar-refractivity contribution in [3.63, 3.8) is 0 Å². The summed E-state index contributed by atoms with van der Waals surface area (Å²) in [7, 11) is 1.71. The second kappa shape index (κ2) is 6.50. The van der Waals surface area contributed by atoms with Crippen molar-refractivity contribution in [2.24, 2.45) is 0 Å². The Kier molecular flexibility index (Phi) is 4.97. The molecule has 0 aliphatic carbocycles. The second-order valence-electron chi connectivity index (χ2n) is 5.22. The zero-order chi connectivity index (χ0) is 13.0. The molecule has 0 aromatic heterocycles. The van der Waals surface area contributed by atoms with Crippen molar-refractivity contribution in [3.05, 3.63) is 0 Å². The largest absolute Gasteiger partial charge is 0.380 e. The van der Waals surface area contributed by atoms with Gasteiger partial charge in [-0.15, -0.1) is 0 Å². The standard InChI is InChI=1S/C13H25N3O2/c1-3-4-15-5-7-16(8-6-15)13(17)12-9-11(18-2)10-14-12/h11-12,14H,3-10H2,1-2H3. The van der Waals surface area contributed by atoms with E-state index in [1.54, 1.807) is 7.11 Å². The number of hydrogen-bond acceptors (Lipinski definition) is 4. The topological polar surface area (TPSA) is 44.8 Å². The third-order valence-electron chi connectivity index (χ3n) is 3.95. The van der Waals surface area contributed by atoms with Crippen LogP contribution in [0.5, 0.6) is 0 Å². The van der Waals surface area contributed by atoms with Gasteiger partial charge in [0.05, 0.1) is 12.1 Å². The number of nitrogens with zero attached hydrogens (tertiary/aromatic N) is 2. The molecule has 2 unspecified atom stereocenters. The molecule has 1 amide bonds. The first-order valence-electron chi connectivity index (χ1n) is 7.02. The molecular formula is C13H25N3O2. The molecule has 2 rings (SSSR count). The molecule has 2 heterocycles. The van der Waals surface area contributed by atoms with Crippen LogP contribution in [-0.2, 0) is 9.53 Å². The highest BCUT2D eigenvalue weighted by molar-refractivity contribution is 5.82. The molecule has 0 radical (unpaired) electrons. The number of hydrogen-bond donors (Lipinski definition) is 1. The Morgan fingerprint density at radius 3 is 2.61 bits per heavy atom. The van der Waals surface area contributed by atoms with Crippen molar-refractivity contribution in [2.45, 2.75) is 31.9 Å². The predicted molar refractivity (Wildman–Crippen MR) is 70.5 cm³/mol. The van der Waals surface area contributed by atoms with Crippen LogP contribution in [0, 0.1) is 0 Å². The Hall–Kier alpha value is -0.650. The van der Waals surface area contributed by atoms with Crippen molar-refractivity contribution < 1.29 is 9.53 Å². The van der Waals surface area contributed by atoms with Crippen LogP contribution in [-0.4, -0.2) is 74.2 Å². The maximum atomic E-state index is 12.3. The second-order valence-corrected chi connectivity index (χ2v) is 5.22. The maximum Gasteiger partial charge on any atom is 0.239 e. The Morgan fingerprint density at radius 1 is 1.33 bits per heavy atom. The summed E-state index contributed by atoms with van der Waals surface area (Å²) in [5, 5.41) is 3.26. The summed E-state index contributed by atoms with van der Waals surface area (Å²) in [4.78, 5) is 16.8. The van der Waals surface area contributed by atoms with Gasteiger partial charge < -0.3 is 15.0 Å². The highest BCUT2D eigenvalue weighted by atomic mass is 16.5. The van der Waals surface area contributed by atoms with Crippen LogP contribution in [0.2, 0.25) is 0 Å². The van der Waals surface area contributed by atoms with Crippen molar-refractivity contribution in [3.8, 4) is 0 Å². The minimum atomic E-state index is -0.0346. The molecule has 5 heteroatoms. The predicted octanol–water partition coefficient (Wildman–Crippen LogP) is -0.0825. The van der Waals surface area contributed by atoms with Gasteiger partial charge in [-0.2, -0.15) is 0 Å². The Morgan fingerprint density at radius 2 is 2.06 bits per heavy atom. The van der Waals surface area contributed by atoms with Crippen LogP contribution < -0.4 is 5.32 Å². The first kappa shape index (κ1) is 13.8. The lowest BCUT2D eigenvalue weighted by Gasteiger charge is -2.35. The van der Waals surface area contributed by atoms with E-state index in [2.05, 4.69) is 17.1 Å². The Labute approximate surface area is 109 Å². The van der Waals surface area contributed by atoms with Crippen LogP contribution in [0.1, 0.15) is 19.8 Å². The number of methoxy groups -OCH3 is 1. The molecular weight excluding hydrogens is 230 g/mol. The van der Waals surface area contributed by atoms with E-state index in [1.807, 2.05) is 4.90 Å². The van der Waals surface area contributed by atoms with Gasteiger partial charge in [0.15, 0.2) is 0 Å². The number of carbonyl (C=O) groups is 1. The SMILES string of the molecule is CCCN1CCN(C(=O)C2CC(OC)CN2)CC1. The van der Waals surface area contributed by atoms with Crippen LogP contribution in [0.4, 0.5) is 0 Å². The third kappa shape index (κ3) is 3.22. The molecule has 18 heavy (non-hydrogen) atoms. The van der Waals surface area contributed by atoms with Gasteiger partial charge in [0.25, 0.3) is 0 Å². The van der Waals surface area contributed by atoms with Crippen molar-refractivity contribution >= 4 is 5.91 Å². The lowest BCUT2D eigenvalue weighted by Crippen LogP contribution is -2.53. The number of amides is 1. The first-order valence-corrected chi connectivity index (χ1v) is 7.02. The molecule has 2 atom stereocenters. The summed E-state index contributed by atoms with van der Waals surface area (Å²) in [5.41, 5.74) is 0. The van der Waals surface area contributed by atoms with E-state index in [-0.39, 0.29) is 18.1 Å². The molecule has 2 aliphatic heterocycles. The van der Waals surface area contributed by atoms with E-state index in [1.165, 1.54) is 6.42 Å². The van der Waals surface area contributed by atoms with Gasteiger partial charge in [-0.05, 0) is 19.4 Å². The maximum absolute atomic E-state index is 12.3. The fraction of sp³-hybridized carbons (Fsp3) is 0.923. The molecule has 0 saturated carbocycles. The average Bonchev–Trinajstić information content (AvgIpc) is 2.88. The smallest absolute Gasteiger partial charge is 0.239 e. The lowest BCUT2D eigenvalue weighted by molar-refractivity contribution is -0.135. The van der Waals surface area contributed by atoms with Crippen molar-refractivity contribution in [2.75, 3.05) is 46.4 Å². The van der Waals surface area contributed by atoms with Gasteiger partial charge >= 0.3 is 0 Å². The molecule has 104 valence electrons. The quantitative estimate of drug-likeness (QED) is 0.763. The first-order chi connectivity index (χ1) is 8.74. The summed E-state index contributed by atoms with van der Waals surface area (Å²) < 4.78 is 5.29. The lowest BCUT2D eigenvalue weighted by atomic mass is 10.1. The molecule has 0 aromatic carbocycles. The molecule has 0 spiro atoms. The van der Waals surface area contributed by atoms with E-state index < -0.39 is 0 Å². The van der Waals surface area contributed by atoms with Gasteiger partial charge in [-0.25, -0.2) is 0 Å². The van der Waals surface area contributed by atoms with E-state index in [9.17, 15) is 4.79 Å². The van der Waals surface area contributed by atoms with Crippen LogP contribution in [0.3, 0.4) is 0 Å². The normalized spacial score (nSPS) is 29.8. The van der Waals surface area contributed by atoms with Crippen LogP contribution >= 0.6 is 0 Å². The molecule has 2 aliphatic rings. The molecule has 2 fully saturated rings. The van der Waals surface area contributed by atoms with Crippen molar-refractivity contribution in [1.29, 1.82) is 0 Å². The summed E-state index contributed by atoms with van der Waals surface area (Å²) in [6.45, 7) is 7.91. The average molecular weight is 255 g/mol. The number of piperazine rings is 1.